The smallest absolute Gasteiger partial charge is 0.159 e. The molecule has 5 heterocycles. The van der Waals surface area contributed by atoms with Crippen LogP contribution >= 0.6 is 0 Å². The molecule has 196 valence electrons. The van der Waals surface area contributed by atoms with Gasteiger partial charge in [-0.05, 0) is 51.2 Å². The van der Waals surface area contributed by atoms with E-state index in [-0.39, 0.29) is 17.7 Å². The van der Waals surface area contributed by atoms with Crippen molar-refractivity contribution in [1.82, 2.24) is 29.5 Å². The summed E-state index contributed by atoms with van der Waals surface area (Å²) in [6.07, 6.45) is 5.19. The van der Waals surface area contributed by atoms with Crippen LogP contribution < -0.4 is 0 Å². The second-order valence-electron chi connectivity index (χ2n) is 10.7. The lowest BCUT2D eigenvalue weighted by Gasteiger charge is -2.33. The molecule has 1 saturated heterocycles. The molecule has 4 aromatic heterocycles. The summed E-state index contributed by atoms with van der Waals surface area (Å²) in [5.74, 6) is -0.276. The first kappa shape index (κ1) is 24.6. The Hall–Kier alpha value is -3.69. The Balaban J connectivity index is 1.71. The zero-order chi connectivity index (χ0) is 26.6. The van der Waals surface area contributed by atoms with Crippen molar-refractivity contribution in [2.24, 2.45) is 13.0 Å². The molecule has 1 aromatic carbocycles. The summed E-state index contributed by atoms with van der Waals surface area (Å²) in [5, 5.41) is 19.4. The van der Waals surface area contributed by atoms with Crippen molar-refractivity contribution in [3.8, 4) is 11.3 Å². The maximum atomic E-state index is 16.2. The van der Waals surface area contributed by atoms with E-state index in [2.05, 4.69) is 32.0 Å². The predicted molar refractivity (Wildman–Crippen MR) is 143 cm³/mol. The highest BCUT2D eigenvalue weighted by molar-refractivity contribution is 6.07. The van der Waals surface area contributed by atoms with Gasteiger partial charge >= 0.3 is 0 Å². The summed E-state index contributed by atoms with van der Waals surface area (Å²) in [5.41, 5.74) is 4.17. The molecule has 1 N–H and O–H groups in total. The Morgan fingerprint density at radius 3 is 2.47 bits per heavy atom. The Morgan fingerprint density at radius 1 is 1.08 bits per heavy atom. The molecule has 0 spiro atoms. The van der Waals surface area contributed by atoms with E-state index in [1.165, 1.54) is 0 Å². The highest BCUT2D eigenvalue weighted by Gasteiger charge is 2.33. The average Bonchev–Trinajstić information content (AvgIpc) is 3.41. The van der Waals surface area contributed by atoms with Crippen LogP contribution in [0.25, 0.3) is 33.2 Å². The minimum absolute atomic E-state index is 0.00364. The zero-order valence-electron chi connectivity index (χ0n) is 22.0. The molecule has 38 heavy (non-hydrogen) atoms. The molecule has 1 fully saturated rings. The van der Waals surface area contributed by atoms with Crippen LogP contribution in [0, 0.1) is 18.7 Å². The van der Waals surface area contributed by atoms with E-state index >= 15 is 4.39 Å². The number of rotatable bonds is 5. The number of aliphatic hydroxyl groups is 1. The van der Waals surface area contributed by atoms with E-state index in [0.29, 0.717) is 29.6 Å². The molecular formula is C29H31FN6O2. The number of hydrogen-bond donors (Lipinski definition) is 1. The SMILES string of the molecule is Cc1nnn(C)c1-c1cnc2c3c(F)c(C(C)(C)O)ncc3n([C@H](c3ccccc3)C3CCOCC3)c2c1. The first-order valence-corrected chi connectivity index (χ1v) is 13.0. The van der Waals surface area contributed by atoms with Crippen molar-refractivity contribution in [1.29, 1.82) is 0 Å². The predicted octanol–water partition coefficient (Wildman–Crippen LogP) is 5.07. The van der Waals surface area contributed by atoms with E-state index in [1.807, 2.05) is 38.2 Å². The maximum Gasteiger partial charge on any atom is 0.159 e. The number of nitrogens with zero attached hydrogens (tertiary/aromatic N) is 6. The fourth-order valence-corrected chi connectivity index (χ4v) is 5.87. The van der Waals surface area contributed by atoms with Crippen molar-refractivity contribution in [2.75, 3.05) is 13.2 Å². The Kier molecular flexibility index (Phi) is 6.00. The molecule has 0 amide bonds. The van der Waals surface area contributed by atoms with Crippen molar-refractivity contribution in [3.05, 3.63) is 71.6 Å². The molecule has 1 aliphatic rings. The Labute approximate surface area is 220 Å². The summed E-state index contributed by atoms with van der Waals surface area (Å²) in [6.45, 7) is 6.37. The lowest BCUT2D eigenvalue weighted by atomic mass is 9.86. The molecule has 5 aromatic rings. The normalized spacial score (nSPS) is 15.9. The van der Waals surface area contributed by atoms with Crippen LogP contribution in [0.15, 0.2) is 48.8 Å². The van der Waals surface area contributed by atoms with Gasteiger partial charge in [0.25, 0.3) is 0 Å². The maximum absolute atomic E-state index is 16.2. The summed E-state index contributed by atoms with van der Waals surface area (Å²) in [6, 6.07) is 12.3. The number of aromatic nitrogens is 6. The van der Waals surface area contributed by atoms with Crippen LogP contribution in [-0.2, 0) is 17.4 Å². The van der Waals surface area contributed by atoms with Gasteiger partial charge in [0.2, 0.25) is 0 Å². The van der Waals surface area contributed by atoms with Crippen molar-refractivity contribution >= 4 is 21.9 Å². The monoisotopic (exact) mass is 514 g/mol. The van der Waals surface area contributed by atoms with E-state index in [1.54, 1.807) is 30.9 Å². The lowest BCUT2D eigenvalue weighted by Crippen LogP contribution is -2.27. The standard InChI is InChI=1S/C29H31FN6O2/c1-17-26(35(4)34-33-17)20-14-21-25(31-15-20)23-22(16-32-28(24(23)30)29(2,3)37)36(21)27(18-8-6-5-7-9-18)19-10-12-38-13-11-19/h5-9,14-16,19,27,37H,10-13H2,1-4H3/t27-/m1/s1. The van der Waals surface area contributed by atoms with Gasteiger partial charge in [-0.3, -0.25) is 9.97 Å². The van der Waals surface area contributed by atoms with Gasteiger partial charge in [-0.1, -0.05) is 35.5 Å². The fourth-order valence-electron chi connectivity index (χ4n) is 5.87. The minimum Gasteiger partial charge on any atom is -0.384 e. The lowest BCUT2D eigenvalue weighted by molar-refractivity contribution is 0.0552. The van der Waals surface area contributed by atoms with Crippen LogP contribution in [-0.4, -0.2) is 47.8 Å². The third kappa shape index (κ3) is 3.97. The van der Waals surface area contributed by atoms with Crippen molar-refractivity contribution in [3.63, 3.8) is 0 Å². The quantitative estimate of drug-likeness (QED) is 0.352. The van der Waals surface area contributed by atoms with Crippen molar-refractivity contribution < 1.29 is 14.2 Å². The summed E-state index contributed by atoms with van der Waals surface area (Å²) in [4.78, 5) is 9.24. The van der Waals surface area contributed by atoms with Gasteiger partial charge in [-0.25, -0.2) is 9.07 Å². The molecule has 8 nitrogen and oxygen atoms in total. The highest BCUT2D eigenvalue weighted by Crippen LogP contribution is 2.42. The number of ether oxygens (including phenoxy) is 1. The molecular weight excluding hydrogens is 483 g/mol. The van der Waals surface area contributed by atoms with E-state index in [4.69, 9.17) is 9.72 Å². The molecule has 0 aliphatic carbocycles. The summed E-state index contributed by atoms with van der Waals surface area (Å²) in [7, 11) is 1.85. The van der Waals surface area contributed by atoms with Gasteiger partial charge in [-0.15, -0.1) is 5.10 Å². The topological polar surface area (TPSA) is 90.9 Å². The molecule has 1 atom stereocenters. The number of fused-ring (bicyclic) bond motifs is 3. The summed E-state index contributed by atoms with van der Waals surface area (Å²) >= 11 is 0. The van der Waals surface area contributed by atoms with Crippen LogP contribution in [0.2, 0.25) is 0 Å². The van der Waals surface area contributed by atoms with Crippen LogP contribution in [0.4, 0.5) is 4.39 Å². The number of aryl methyl sites for hydroxylation is 2. The van der Waals surface area contributed by atoms with Gasteiger partial charge in [0.15, 0.2) is 5.82 Å². The highest BCUT2D eigenvalue weighted by atomic mass is 19.1. The first-order valence-electron chi connectivity index (χ1n) is 13.0. The Morgan fingerprint density at radius 2 is 1.82 bits per heavy atom. The van der Waals surface area contributed by atoms with E-state index < -0.39 is 11.4 Å². The second-order valence-corrected chi connectivity index (χ2v) is 10.7. The van der Waals surface area contributed by atoms with Crippen LogP contribution in [0.1, 0.15) is 49.7 Å². The second kappa shape index (κ2) is 9.25. The Bertz CT molecular complexity index is 1610. The first-order chi connectivity index (χ1) is 18.3. The van der Waals surface area contributed by atoms with Gasteiger partial charge < -0.3 is 14.4 Å². The molecule has 0 bridgehead atoms. The van der Waals surface area contributed by atoms with Gasteiger partial charge in [-0.2, -0.15) is 0 Å². The van der Waals surface area contributed by atoms with Crippen LogP contribution in [0.3, 0.4) is 0 Å². The number of halogens is 1. The summed E-state index contributed by atoms with van der Waals surface area (Å²) < 4.78 is 25.8. The molecule has 6 rings (SSSR count). The van der Waals surface area contributed by atoms with Crippen LogP contribution in [0.5, 0.6) is 0 Å². The molecule has 1 aliphatic heterocycles. The largest absolute Gasteiger partial charge is 0.384 e. The fraction of sp³-hybridized carbons (Fsp3) is 0.379. The zero-order valence-corrected chi connectivity index (χ0v) is 22.0. The van der Waals surface area contributed by atoms with E-state index in [0.717, 1.165) is 40.9 Å². The average molecular weight is 515 g/mol. The number of benzene rings is 1. The number of pyridine rings is 2. The minimum atomic E-state index is -1.44. The van der Waals surface area contributed by atoms with Gasteiger partial charge in [0, 0.05) is 32.0 Å². The third-order valence-corrected chi connectivity index (χ3v) is 7.60. The van der Waals surface area contributed by atoms with E-state index in [9.17, 15) is 5.11 Å². The third-order valence-electron chi connectivity index (χ3n) is 7.60. The van der Waals surface area contributed by atoms with Crippen molar-refractivity contribution in [2.45, 2.75) is 45.3 Å². The molecule has 9 heteroatoms. The molecule has 0 saturated carbocycles. The molecule has 0 radical (unpaired) electrons. The molecule has 0 unspecified atom stereocenters. The van der Waals surface area contributed by atoms with Gasteiger partial charge in [0.05, 0.1) is 45.6 Å². The van der Waals surface area contributed by atoms with Gasteiger partial charge in [0.1, 0.15) is 11.3 Å². The number of hydrogen-bond acceptors (Lipinski definition) is 6.